The molecule has 2 aromatic heterocycles. The van der Waals surface area contributed by atoms with Gasteiger partial charge >= 0.3 is 0 Å². The average molecular weight is 399 g/mol. The van der Waals surface area contributed by atoms with Crippen LogP contribution in [0.4, 0.5) is 0 Å². The van der Waals surface area contributed by atoms with Crippen molar-refractivity contribution in [3.63, 3.8) is 0 Å². The number of hydrogen-bond acceptors (Lipinski definition) is 6. The summed E-state index contributed by atoms with van der Waals surface area (Å²) in [5, 5.41) is 22.3. The lowest BCUT2D eigenvalue weighted by Gasteiger charge is -2.49. The Balaban J connectivity index is 1.18. The maximum absolute atomic E-state index is 12.7. The lowest BCUT2D eigenvalue weighted by atomic mass is 9.75. The summed E-state index contributed by atoms with van der Waals surface area (Å²) in [6, 6.07) is 4.08. The number of aliphatic hydroxyl groups is 1. The van der Waals surface area contributed by atoms with Crippen LogP contribution in [-0.4, -0.2) is 50.0 Å². The summed E-state index contributed by atoms with van der Waals surface area (Å²) in [6.45, 7) is 3.04. The number of nitrogens with one attached hydrogen (secondary N) is 1. The molecule has 0 aromatic carbocycles. The summed E-state index contributed by atoms with van der Waals surface area (Å²) < 4.78 is 7.18. The Labute approximate surface area is 170 Å². The van der Waals surface area contributed by atoms with Gasteiger partial charge in [0.2, 0.25) is 5.91 Å². The van der Waals surface area contributed by atoms with Gasteiger partial charge in [0.25, 0.3) is 0 Å². The van der Waals surface area contributed by atoms with Crippen LogP contribution in [0.2, 0.25) is 0 Å². The van der Waals surface area contributed by atoms with E-state index in [1.807, 2.05) is 23.0 Å². The fourth-order valence-electron chi connectivity index (χ4n) is 5.38. The van der Waals surface area contributed by atoms with E-state index in [0.717, 1.165) is 63.9 Å². The fourth-order valence-corrected chi connectivity index (χ4v) is 5.38. The van der Waals surface area contributed by atoms with Crippen molar-refractivity contribution in [2.24, 2.45) is 11.8 Å². The van der Waals surface area contributed by atoms with Crippen molar-refractivity contribution in [1.29, 1.82) is 0 Å². The molecule has 1 aliphatic carbocycles. The Morgan fingerprint density at radius 3 is 2.97 bits per heavy atom. The van der Waals surface area contributed by atoms with E-state index < -0.39 is 5.60 Å². The van der Waals surface area contributed by atoms with E-state index in [0.29, 0.717) is 24.2 Å². The number of piperidine rings is 3. The van der Waals surface area contributed by atoms with E-state index in [2.05, 4.69) is 20.5 Å². The Morgan fingerprint density at radius 1 is 1.38 bits per heavy atom. The van der Waals surface area contributed by atoms with Crippen molar-refractivity contribution in [2.45, 2.75) is 63.3 Å². The maximum atomic E-state index is 12.7. The number of carbonyl (C=O) groups excluding carboxylic acids is 1. The molecular formula is C21H29N5O3. The van der Waals surface area contributed by atoms with Gasteiger partial charge in [0.1, 0.15) is 17.1 Å². The van der Waals surface area contributed by atoms with E-state index in [9.17, 15) is 9.90 Å². The zero-order valence-corrected chi connectivity index (χ0v) is 16.7. The van der Waals surface area contributed by atoms with Gasteiger partial charge in [-0.2, -0.15) is 0 Å². The topological polar surface area (TPSA) is 96.4 Å². The molecule has 1 saturated carbocycles. The van der Waals surface area contributed by atoms with Crippen molar-refractivity contribution in [3.05, 3.63) is 36.0 Å². The summed E-state index contributed by atoms with van der Waals surface area (Å²) in [5.41, 5.74) is -0.0810. The third-order valence-electron chi connectivity index (χ3n) is 7.08. The van der Waals surface area contributed by atoms with Crippen LogP contribution in [-0.2, 0) is 23.5 Å². The summed E-state index contributed by atoms with van der Waals surface area (Å²) >= 11 is 0. The minimum atomic E-state index is -0.790. The van der Waals surface area contributed by atoms with Gasteiger partial charge < -0.3 is 14.8 Å². The van der Waals surface area contributed by atoms with Crippen LogP contribution < -0.4 is 5.32 Å². The molecule has 2 unspecified atom stereocenters. The van der Waals surface area contributed by atoms with Crippen LogP contribution in [0.25, 0.3) is 0 Å². The second-order valence-corrected chi connectivity index (χ2v) is 8.90. The Hall–Kier alpha value is -2.19. The summed E-state index contributed by atoms with van der Waals surface area (Å²) in [4.78, 5) is 15.1. The van der Waals surface area contributed by atoms with Gasteiger partial charge in [0.15, 0.2) is 0 Å². The minimum absolute atomic E-state index is 0.0421. The standard InChI is InChI=1S/C21H29N5O3/c27-20(22-11-17-4-3-9-29-17)18-13-25-8-5-15(18)10-16(25)12-26-14-19(23-24-26)21(28)6-1-2-7-21/h3-4,9,14-16,18,28H,1-2,5-8,10-13H2,(H,22,27)/t15?,16-,18+/m1/s1. The number of fused-ring (bicyclic) bond motifs is 3. The highest BCUT2D eigenvalue weighted by molar-refractivity contribution is 5.79. The molecule has 8 heteroatoms. The SMILES string of the molecule is O=C(NCc1ccco1)[C@H]1CN2CCC1C[C@@H]2Cn1cc(C2(O)CCCC2)nn1. The van der Waals surface area contributed by atoms with E-state index in [4.69, 9.17) is 4.42 Å². The molecule has 8 nitrogen and oxygen atoms in total. The van der Waals surface area contributed by atoms with Crippen molar-refractivity contribution in [3.8, 4) is 0 Å². The third-order valence-corrected chi connectivity index (χ3v) is 7.08. The number of aromatic nitrogens is 3. The highest BCUT2D eigenvalue weighted by Crippen LogP contribution is 2.38. The van der Waals surface area contributed by atoms with E-state index in [1.165, 1.54) is 0 Å². The fraction of sp³-hybridized carbons (Fsp3) is 0.667. The molecular weight excluding hydrogens is 370 g/mol. The largest absolute Gasteiger partial charge is 0.467 e. The van der Waals surface area contributed by atoms with Crippen molar-refractivity contribution in [2.75, 3.05) is 13.1 Å². The number of carbonyl (C=O) groups is 1. The second-order valence-electron chi connectivity index (χ2n) is 8.90. The summed E-state index contributed by atoms with van der Waals surface area (Å²) in [7, 11) is 0. The van der Waals surface area contributed by atoms with E-state index >= 15 is 0 Å². The highest BCUT2D eigenvalue weighted by Gasteiger charge is 2.43. The minimum Gasteiger partial charge on any atom is -0.467 e. The zero-order chi connectivity index (χ0) is 19.8. The number of nitrogens with zero attached hydrogens (tertiary/aromatic N) is 4. The summed E-state index contributed by atoms with van der Waals surface area (Å²) in [6.07, 6.45) is 9.26. The van der Waals surface area contributed by atoms with Gasteiger partial charge in [-0.25, -0.2) is 0 Å². The zero-order valence-electron chi connectivity index (χ0n) is 16.7. The van der Waals surface area contributed by atoms with Gasteiger partial charge in [-0.1, -0.05) is 18.1 Å². The van der Waals surface area contributed by atoms with Crippen LogP contribution in [0.1, 0.15) is 50.0 Å². The van der Waals surface area contributed by atoms with Gasteiger partial charge in [0.05, 0.1) is 31.5 Å². The van der Waals surface area contributed by atoms with Crippen molar-refractivity contribution in [1.82, 2.24) is 25.2 Å². The van der Waals surface area contributed by atoms with Crippen molar-refractivity contribution >= 4 is 5.91 Å². The molecule has 2 N–H and O–H groups in total. The molecule has 4 aliphatic rings. The first-order valence-electron chi connectivity index (χ1n) is 10.8. The number of furan rings is 1. The molecule has 2 aromatic rings. The maximum Gasteiger partial charge on any atom is 0.225 e. The molecule has 6 rings (SSSR count). The molecule has 4 atom stereocenters. The quantitative estimate of drug-likeness (QED) is 0.767. The van der Waals surface area contributed by atoms with E-state index in [-0.39, 0.29) is 11.8 Å². The molecule has 5 heterocycles. The third kappa shape index (κ3) is 3.71. The molecule has 3 aliphatic heterocycles. The molecule has 4 fully saturated rings. The molecule has 3 saturated heterocycles. The molecule has 156 valence electrons. The van der Waals surface area contributed by atoms with Gasteiger partial charge in [-0.3, -0.25) is 14.4 Å². The van der Waals surface area contributed by atoms with Gasteiger partial charge in [-0.15, -0.1) is 5.10 Å². The Bertz CT molecular complexity index is 842. The lowest BCUT2D eigenvalue weighted by molar-refractivity contribution is -0.133. The Kier molecular flexibility index (Phi) is 4.91. The molecule has 0 spiro atoms. The van der Waals surface area contributed by atoms with Gasteiger partial charge in [0, 0.05) is 12.6 Å². The number of amides is 1. The molecule has 2 bridgehead atoms. The molecule has 0 radical (unpaired) electrons. The van der Waals surface area contributed by atoms with Crippen LogP contribution in [0.15, 0.2) is 29.0 Å². The first-order chi connectivity index (χ1) is 14.1. The average Bonchev–Trinajstić information content (AvgIpc) is 3.49. The van der Waals surface area contributed by atoms with Crippen LogP contribution in [0.3, 0.4) is 0 Å². The van der Waals surface area contributed by atoms with Crippen LogP contribution in [0.5, 0.6) is 0 Å². The smallest absolute Gasteiger partial charge is 0.225 e. The van der Waals surface area contributed by atoms with Crippen LogP contribution >= 0.6 is 0 Å². The highest BCUT2D eigenvalue weighted by atomic mass is 16.3. The predicted octanol–water partition coefficient (Wildman–Crippen LogP) is 1.66. The van der Waals surface area contributed by atoms with E-state index in [1.54, 1.807) is 6.26 Å². The first-order valence-corrected chi connectivity index (χ1v) is 10.8. The Morgan fingerprint density at radius 2 is 2.24 bits per heavy atom. The van der Waals surface area contributed by atoms with Crippen LogP contribution in [0, 0.1) is 11.8 Å². The monoisotopic (exact) mass is 399 g/mol. The summed E-state index contributed by atoms with van der Waals surface area (Å²) in [5.74, 6) is 1.36. The normalized spacial score (nSPS) is 30.5. The van der Waals surface area contributed by atoms with Gasteiger partial charge in [-0.05, 0) is 50.3 Å². The lowest BCUT2D eigenvalue weighted by Crippen LogP contribution is -2.57. The second kappa shape index (κ2) is 7.57. The predicted molar refractivity (Wildman–Crippen MR) is 105 cm³/mol. The molecule has 29 heavy (non-hydrogen) atoms. The first kappa shape index (κ1) is 18.8. The number of hydrogen-bond donors (Lipinski definition) is 2. The molecule has 1 amide bonds. The number of rotatable bonds is 6. The van der Waals surface area contributed by atoms with Crippen molar-refractivity contribution < 1.29 is 14.3 Å².